The summed E-state index contributed by atoms with van der Waals surface area (Å²) in [4.78, 5) is 31.3. The fourth-order valence-electron chi connectivity index (χ4n) is 3.44. The third kappa shape index (κ3) is 3.07. The van der Waals surface area contributed by atoms with E-state index >= 15 is 0 Å². The van der Waals surface area contributed by atoms with Crippen molar-refractivity contribution in [2.45, 2.75) is 33.0 Å². The minimum absolute atomic E-state index is 0.0871. The third-order valence-corrected chi connectivity index (χ3v) is 5.08. The van der Waals surface area contributed by atoms with Gasteiger partial charge in [0.05, 0.1) is 24.3 Å². The number of ether oxygens (including phenoxy) is 1. The summed E-state index contributed by atoms with van der Waals surface area (Å²) >= 11 is 0. The molecule has 0 saturated carbocycles. The zero-order chi connectivity index (χ0) is 19.1. The van der Waals surface area contributed by atoms with E-state index in [0.29, 0.717) is 29.4 Å². The zero-order valence-electron chi connectivity index (χ0n) is 15.6. The van der Waals surface area contributed by atoms with E-state index in [1.807, 2.05) is 42.5 Å². The third-order valence-electron chi connectivity index (χ3n) is 5.08. The number of hydrogen-bond donors (Lipinski definition) is 0. The maximum atomic E-state index is 12.8. The van der Waals surface area contributed by atoms with Gasteiger partial charge in [-0.1, -0.05) is 30.3 Å². The maximum absolute atomic E-state index is 12.8. The molecule has 1 aliphatic rings. The molecule has 138 valence electrons. The van der Waals surface area contributed by atoms with Gasteiger partial charge < -0.3 is 9.64 Å². The molecule has 0 aliphatic carbocycles. The van der Waals surface area contributed by atoms with Crippen molar-refractivity contribution in [2.24, 2.45) is 7.05 Å². The van der Waals surface area contributed by atoms with Crippen molar-refractivity contribution in [2.75, 3.05) is 0 Å². The van der Waals surface area contributed by atoms with Crippen molar-refractivity contribution in [3.63, 3.8) is 0 Å². The van der Waals surface area contributed by atoms with Crippen molar-refractivity contribution in [3.8, 4) is 5.75 Å². The molecule has 0 unspecified atom stereocenters. The largest absolute Gasteiger partial charge is 0.481 e. The van der Waals surface area contributed by atoms with Crippen LogP contribution in [0.2, 0.25) is 0 Å². The smallest absolute Gasteiger partial charge is 0.264 e. The first-order valence-corrected chi connectivity index (χ1v) is 8.93. The van der Waals surface area contributed by atoms with Crippen LogP contribution in [0.25, 0.3) is 10.8 Å². The molecular formula is C21H21N3O3. The Morgan fingerprint density at radius 2 is 1.89 bits per heavy atom. The van der Waals surface area contributed by atoms with E-state index in [1.165, 1.54) is 4.57 Å². The van der Waals surface area contributed by atoms with E-state index in [2.05, 4.69) is 4.98 Å². The Bertz CT molecular complexity index is 1100. The van der Waals surface area contributed by atoms with E-state index < -0.39 is 6.10 Å². The molecule has 2 aromatic carbocycles. The number of carbonyl (C=O) groups is 1. The molecule has 1 aromatic heterocycles. The Morgan fingerprint density at radius 3 is 2.67 bits per heavy atom. The van der Waals surface area contributed by atoms with Crippen LogP contribution in [0.4, 0.5) is 0 Å². The van der Waals surface area contributed by atoms with Crippen LogP contribution >= 0.6 is 0 Å². The molecule has 4 rings (SSSR count). The molecule has 1 amide bonds. The Morgan fingerprint density at radius 1 is 1.15 bits per heavy atom. The van der Waals surface area contributed by atoms with Crippen LogP contribution in [0.15, 0.2) is 47.3 Å². The first kappa shape index (κ1) is 17.3. The Balaban J connectivity index is 1.51. The second-order valence-electron chi connectivity index (χ2n) is 6.91. The standard InChI is InChI=1S/C21H21N3O3/c1-13(27-17-9-8-15-6-4-5-7-16(15)10-17)20(25)24-11-18-19(12-24)22-14(2)23(3)21(18)26/h4-10,13H,11-12H2,1-3H3/t13-/m1/s1. The Hall–Kier alpha value is -3.15. The summed E-state index contributed by atoms with van der Waals surface area (Å²) in [5.41, 5.74) is 1.19. The van der Waals surface area contributed by atoms with Crippen LogP contribution in [0.3, 0.4) is 0 Å². The van der Waals surface area contributed by atoms with Gasteiger partial charge in [0.25, 0.3) is 11.5 Å². The number of aromatic nitrogens is 2. The lowest BCUT2D eigenvalue weighted by atomic mass is 10.1. The van der Waals surface area contributed by atoms with Gasteiger partial charge in [-0.2, -0.15) is 0 Å². The molecule has 0 fully saturated rings. The van der Waals surface area contributed by atoms with Crippen molar-refractivity contribution in [1.82, 2.24) is 14.5 Å². The molecule has 3 aromatic rings. The summed E-state index contributed by atoms with van der Waals surface area (Å²) < 4.78 is 7.39. The molecule has 0 N–H and O–H groups in total. The number of nitrogens with zero attached hydrogens (tertiary/aromatic N) is 3. The van der Waals surface area contributed by atoms with E-state index in [-0.39, 0.29) is 18.0 Å². The SMILES string of the molecule is Cc1nc2c(c(=O)n1C)CN(C(=O)[C@@H](C)Oc1ccc3ccccc3c1)C2. The number of rotatable bonds is 3. The number of hydrogen-bond acceptors (Lipinski definition) is 4. The predicted octanol–water partition coefficient (Wildman–Crippen LogP) is 2.55. The number of carbonyl (C=O) groups excluding carboxylic acids is 1. The summed E-state index contributed by atoms with van der Waals surface area (Å²) in [7, 11) is 1.70. The summed E-state index contributed by atoms with van der Waals surface area (Å²) in [5.74, 6) is 1.14. The molecule has 0 radical (unpaired) electrons. The van der Waals surface area contributed by atoms with Crippen molar-refractivity contribution in [3.05, 3.63) is 69.9 Å². The van der Waals surface area contributed by atoms with Crippen LogP contribution < -0.4 is 10.3 Å². The van der Waals surface area contributed by atoms with E-state index in [4.69, 9.17) is 4.74 Å². The normalized spacial score (nSPS) is 14.3. The average molecular weight is 363 g/mol. The molecule has 0 spiro atoms. The fourth-order valence-corrected chi connectivity index (χ4v) is 3.44. The minimum Gasteiger partial charge on any atom is -0.481 e. The highest BCUT2D eigenvalue weighted by Crippen LogP contribution is 2.23. The highest BCUT2D eigenvalue weighted by atomic mass is 16.5. The van der Waals surface area contributed by atoms with Gasteiger partial charge in [-0.3, -0.25) is 14.2 Å². The topological polar surface area (TPSA) is 64.4 Å². The first-order valence-electron chi connectivity index (χ1n) is 8.93. The summed E-state index contributed by atoms with van der Waals surface area (Å²) in [6.45, 7) is 4.14. The van der Waals surface area contributed by atoms with Crippen molar-refractivity contribution < 1.29 is 9.53 Å². The summed E-state index contributed by atoms with van der Waals surface area (Å²) in [6.07, 6.45) is -0.648. The highest BCUT2D eigenvalue weighted by Gasteiger charge is 2.31. The molecule has 6 nitrogen and oxygen atoms in total. The number of amides is 1. The monoisotopic (exact) mass is 363 g/mol. The van der Waals surface area contributed by atoms with Gasteiger partial charge in [0.1, 0.15) is 11.6 Å². The van der Waals surface area contributed by atoms with Crippen molar-refractivity contribution in [1.29, 1.82) is 0 Å². The molecule has 0 saturated heterocycles. The highest BCUT2D eigenvalue weighted by molar-refractivity contribution is 5.84. The molecule has 27 heavy (non-hydrogen) atoms. The van der Waals surface area contributed by atoms with Gasteiger partial charge in [0.15, 0.2) is 6.10 Å². The number of aryl methyl sites for hydroxylation is 1. The van der Waals surface area contributed by atoms with E-state index in [9.17, 15) is 9.59 Å². The van der Waals surface area contributed by atoms with Gasteiger partial charge in [0.2, 0.25) is 0 Å². The predicted molar refractivity (Wildman–Crippen MR) is 103 cm³/mol. The quantitative estimate of drug-likeness (QED) is 0.717. The first-order chi connectivity index (χ1) is 12.9. The molecule has 6 heteroatoms. The van der Waals surface area contributed by atoms with Crippen LogP contribution in [0.5, 0.6) is 5.75 Å². The second kappa shape index (κ2) is 6.54. The van der Waals surface area contributed by atoms with Gasteiger partial charge in [-0.25, -0.2) is 4.98 Å². The lowest BCUT2D eigenvalue weighted by molar-refractivity contribution is -0.138. The van der Waals surface area contributed by atoms with Crippen LogP contribution in [0.1, 0.15) is 24.0 Å². The van der Waals surface area contributed by atoms with Crippen LogP contribution in [-0.4, -0.2) is 26.5 Å². The summed E-state index contributed by atoms with van der Waals surface area (Å²) in [5, 5.41) is 2.18. The summed E-state index contributed by atoms with van der Waals surface area (Å²) in [6, 6.07) is 13.8. The van der Waals surface area contributed by atoms with E-state index in [1.54, 1.807) is 25.8 Å². The Kier molecular flexibility index (Phi) is 4.18. The second-order valence-corrected chi connectivity index (χ2v) is 6.91. The fraction of sp³-hybridized carbons (Fsp3) is 0.286. The lowest BCUT2D eigenvalue weighted by Gasteiger charge is -2.21. The molecule has 1 atom stereocenters. The molecule has 1 aliphatic heterocycles. The average Bonchev–Trinajstić information content (AvgIpc) is 3.09. The van der Waals surface area contributed by atoms with Gasteiger partial charge in [-0.05, 0) is 36.8 Å². The Labute approximate surface area is 157 Å². The molecular weight excluding hydrogens is 342 g/mol. The minimum atomic E-state index is -0.648. The number of benzene rings is 2. The number of fused-ring (bicyclic) bond motifs is 2. The van der Waals surface area contributed by atoms with Crippen LogP contribution in [0, 0.1) is 6.92 Å². The molecule has 2 heterocycles. The lowest BCUT2D eigenvalue weighted by Crippen LogP contribution is -2.37. The van der Waals surface area contributed by atoms with Crippen LogP contribution in [-0.2, 0) is 24.9 Å². The van der Waals surface area contributed by atoms with Gasteiger partial charge >= 0.3 is 0 Å². The van der Waals surface area contributed by atoms with Crippen molar-refractivity contribution >= 4 is 16.7 Å². The molecule has 0 bridgehead atoms. The maximum Gasteiger partial charge on any atom is 0.264 e. The zero-order valence-corrected chi connectivity index (χ0v) is 15.6. The van der Waals surface area contributed by atoms with Gasteiger partial charge in [-0.15, -0.1) is 0 Å². The van der Waals surface area contributed by atoms with E-state index in [0.717, 1.165) is 10.8 Å². The van der Waals surface area contributed by atoms with Gasteiger partial charge in [0, 0.05) is 7.05 Å².